The molecule has 1 atom stereocenters. The number of rotatable bonds is 6. The standard InChI is InChI=1S/C17H17N3O7/c1-10(11-2-3-12-13(6-11)27-9-26-12)18-15(22)8-25-16(23)7-20-5-4-14(21)19-17(20)24/h2-6,10H,7-9H2,1H3,(H,18,22)(H,19,21,24)/t10-/m1/s1. The predicted molar refractivity (Wildman–Crippen MR) is 91.4 cm³/mol. The Hall–Kier alpha value is -3.56. The molecule has 10 heteroatoms. The number of hydrogen-bond acceptors (Lipinski definition) is 7. The van der Waals surface area contributed by atoms with Crippen molar-refractivity contribution < 1.29 is 23.8 Å². The Balaban J connectivity index is 1.49. The van der Waals surface area contributed by atoms with E-state index in [2.05, 4.69) is 5.32 Å². The third-order valence-corrected chi connectivity index (χ3v) is 3.83. The fourth-order valence-electron chi connectivity index (χ4n) is 2.45. The van der Waals surface area contributed by atoms with E-state index in [0.717, 1.165) is 16.2 Å². The molecule has 0 radical (unpaired) electrons. The molecule has 3 rings (SSSR count). The number of hydrogen-bond donors (Lipinski definition) is 2. The third kappa shape index (κ3) is 4.54. The second kappa shape index (κ2) is 7.77. The molecule has 10 nitrogen and oxygen atoms in total. The molecule has 0 spiro atoms. The number of aromatic amines is 1. The maximum Gasteiger partial charge on any atom is 0.328 e. The van der Waals surface area contributed by atoms with Crippen LogP contribution in [0.1, 0.15) is 18.5 Å². The van der Waals surface area contributed by atoms with Crippen molar-refractivity contribution in [2.75, 3.05) is 13.4 Å². The van der Waals surface area contributed by atoms with E-state index in [1.807, 2.05) is 4.98 Å². The van der Waals surface area contributed by atoms with Gasteiger partial charge in [0.25, 0.3) is 11.5 Å². The maximum atomic E-state index is 12.0. The first-order valence-electron chi connectivity index (χ1n) is 8.06. The fraction of sp³-hybridized carbons (Fsp3) is 0.294. The summed E-state index contributed by atoms with van der Waals surface area (Å²) in [5.41, 5.74) is -0.499. The highest BCUT2D eigenvalue weighted by atomic mass is 16.7. The minimum absolute atomic E-state index is 0.161. The van der Waals surface area contributed by atoms with Gasteiger partial charge in [0.1, 0.15) is 6.54 Å². The van der Waals surface area contributed by atoms with Crippen molar-refractivity contribution in [1.82, 2.24) is 14.9 Å². The molecule has 142 valence electrons. The van der Waals surface area contributed by atoms with Crippen LogP contribution in [0.4, 0.5) is 0 Å². The van der Waals surface area contributed by atoms with Crippen LogP contribution in [0.25, 0.3) is 0 Å². The summed E-state index contributed by atoms with van der Waals surface area (Å²) in [5.74, 6) is -0.0348. The van der Waals surface area contributed by atoms with E-state index in [9.17, 15) is 19.2 Å². The number of ether oxygens (including phenoxy) is 3. The minimum atomic E-state index is -0.782. The van der Waals surface area contributed by atoms with E-state index in [0.29, 0.717) is 11.5 Å². The molecular formula is C17H17N3O7. The lowest BCUT2D eigenvalue weighted by molar-refractivity contribution is -0.149. The molecule has 0 aliphatic carbocycles. The quantitative estimate of drug-likeness (QED) is 0.663. The number of carbonyl (C=O) groups is 2. The van der Waals surface area contributed by atoms with Gasteiger partial charge in [0, 0.05) is 12.3 Å². The third-order valence-electron chi connectivity index (χ3n) is 3.83. The number of benzene rings is 1. The number of H-pyrrole nitrogens is 1. The van der Waals surface area contributed by atoms with Gasteiger partial charge in [-0.3, -0.25) is 23.9 Å². The highest BCUT2D eigenvalue weighted by molar-refractivity contribution is 5.80. The lowest BCUT2D eigenvalue weighted by atomic mass is 10.1. The van der Waals surface area contributed by atoms with Crippen LogP contribution in [0.3, 0.4) is 0 Å². The van der Waals surface area contributed by atoms with E-state index < -0.39 is 36.3 Å². The van der Waals surface area contributed by atoms with Crippen LogP contribution in [-0.2, 0) is 20.9 Å². The van der Waals surface area contributed by atoms with Crippen LogP contribution < -0.4 is 26.0 Å². The number of nitrogens with zero attached hydrogens (tertiary/aromatic N) is 1. The van der Waals surface area contributed by atoms with E-state index in [1.54, 1.807) is 25.1 Å². The van der Waals surface area contributed by atoms with Crippen molar-refractivity contribution in [1.29, 1.82) is 0 Å². The Labute approximate surface area is 152 Å². The maximum absolute atomic E-state index is 12.0. The monoisotopic (exact) mass is 375 g/mol. The van der Waals surface area contributed by atoms with Gasteiger partial charge in [-0.05, 0) is 24.6 Å². The Kier molecular flexibility index (Phi) is 5.25. The van der Waals surface area contributed by atoms with Crippen molar-refractivity contribution in [3.8, 4) is 11.5 Å². The molecule has 2 N–H and O–H groups in total. The minimum Gasteiger partial charge on any atom is -0.454 e. The van der Waals surface area contributed by atoms with Gasteiger partial charge in [-0.15, -0.1) is 0 Å². The highest BCUT2D eigenvalue weighted by Gasteiger charge is 2.17. The number of carbonyl (C=O) groups excluding carboxylic acids is 2. The molecule has 2 aromatic rings. The summed E-state index contributed by atoms with van der Waals surface area (Å²) in [4.78, 5) is 48.2. The Morgan fingerprint density at radius 2 is 2.04 bits per heavy atom. The molecule has 1 aliphatic rings. The molecule has 1 amide bonds. The zero-order valence-corrected chi connectivity index (χ0v) is 14.4. The predicted octanol–water partition coefficient (Wildman–Crippen LogP) is -0.314. The number of amides is 1. The fourth-order valence-corrected chi connectivity index (χ4v) is 2.45. The van der Waals surface area contributed by atoms with Gasteiger partial charge < -0.3 is 19.5 Å². The average Bonchev–Trinajstić information content (AvgIpc) is 3.10. The van der Waals surface area contributed by atoms with Crippen LogP contribution in [0.2, 0.25) is 0 Å². The first kappa shape index (κ1) is 18.2. The molecular weight excluding hydrogens is 358 g/mol. The lowest BCUT2D eigenvalue weighted by Gasteiger charge is -2.15. The van der Waals surface area contributed by atoms with E-state index >= 15 is 0 Å². The second-order valence-corrected chi connectivity index (χ2v) is 5.80. The summed E-state index contributed by atoms with van der Waals surface area (Å²) in [6.45, 7) is 1.03. The molecule has 2 heterocycles. The van der Waals surface area contributed by atoms with Crippen molar-refractivity contribution in [3.63, 3.8) is 0 Å². The van der Waals surface area contributed by atoms with Crippen molar-refractivity contribution in [2.24, 2.45) is 0 Å². The summed E-state index contributed by atoms with van der Waals surface area (Å²) in [5, 5.41) is 2.70. The summed E-state index contributed by atoms with van der Waals surface area (Å²) in [6.07, 6.45) is 1.17. The zero-order valence-electron chi connectivity index (χ0n) is 14.4. The van der Waals surface area contributed by atoms with Gasteiger partial charge in [0.2, 0.25) is 6.79 Å². The van der Waals surface area contributed by atoms with Gasteiger partial charge in [0.05, 0.1) is 6.04 Å². The summed E-state index contributed by atoms with van der Waals surface area (Å²) >= 11 is 0. The van der Waals surface area contributed by atoms with Crippen LogP contribution in [0.5, 0.6) is 11.5 Å². The Morgan fingerprint density at radius 3 is 2.81 bits per heavy atom. The van der Waals surface area contributed by atoms with E-state index in [1.165, 1.54) is 6.20 Å². The number of fused-ring (bicyclic) bond motifs is 1. The van der Waals surface area contributed by atoms with E-state index in [-0.39, 0.29) is 12.8 Å². The number of esters is 1. The Bertz CT molecular complexity index is 979. The van der Waals surface area contributed by atoms with Crippen LogP contribution in [-0.4, -0.2) is 34.8 Å². The highest BCUT2D eigenvalue weighted by Crippen LogP contribution is 2.34. The largest absolute Gasteiger partial charge is 0.454 e. The second-order valence-electron chi connectivity index (χ2n) is 5.80. The van der Waals surface area contributed by atoms with Crippen LogP contribution in [0, 0.1) is 0 Å². The summed E-state index contributed by atoms with van der Waals surface area (Å²) in [6, 6.07) is 6.08. The number of aromatic nitrogens is 2. The molecule has 1 aliphatic heterocycles. The zero-order chi connectivity index (χ0) is 19.4. The Morgan fingerprint density at radius 1 is 1.26 bits per heavy atom. The van der Waals surface area contributed by atoms with E-state index in [4.69, 9.17) is 14.2 Å². The summed E-state index contributed by atoms with van der Waals surface area (Å²) < 4.78 is 16.4. The topological polar surface area (TPSA) is 129 Å². The van der Waals surface area contributed by atoms with Crippen LogP contribution in [0.15, 0.2) is 40.1 Å². The molecule has 0 unspecified atom stereocenters. The normalized spacial score (nSPS) is 13.1. The molecule has 0 saturated heterocycles. The number of nitrogens with one attached hydrogen (secondary N) is 2. The first-order valence-corrected chi connectivity index (χ1v) is 8.06. The molecule has 0 fully saturated rings. The molecule has 0 saturated carbocycles. The van der Waals surface area contributed by atoms with Gasteiger partial charge in [-0.25, -0.2) is 4.79 Å². The molecule has 1 aromatic carbocycles. The van der Waals surface area contributed by atoms with Gasteiger partial charge in [-0.1, -0.05) is 6.07 Å². The van der Waals surface area contributed by atoms with Gasteiger partial charge in [0.15, 0.2) is 18.1 Å². The SMILES string of the molecule is C[C@@H](NC(=O)COC(=O)Cn1ccc(=O)[nH]c1=O)c1ccc2c(c1)OCO2. The van der Waals surface area contributed by atoms with Gasteiger partial charge >= 0.3 is 11.7 Å². The lowest BCUT2D eigenvalue weighted by Crippen LogP contribution is -2.34. The molecule has 0 bridgehead atoms. The summed E-state index contributed by atoms with van der Waals surface area (Å²) in [7, 11) is 0. The van der Waals surface area contributed by atoms with Crippen molar-refractivity contribution in [2.45, 2.75) is 19.5 Å². The smallest absolute Gasteiger partial charge is 0.328 e. The molecule has 1 aromatic heterocycles. The first-order chi connectivity index (χ1) is 12.9. The van der Waals surface area contributed by atoms with Gasteiger partial charge in [-0.2, -0.15) is 0 Å². The average molecular weight is 375 g/mol. The molecule has 27 heavy (non-hydrogen) atoms. The van der Waals surface area contributed by atoms with Crippen molar-refractivity contribution >= 4 is 11.9 Å². The van der Waals surface area contributed by atoms with Crippen LogP contribution >= 0.6 is 0 Å². The van der Waals surface area contributed by atoms with Crippen molar-refractivity contribution in [3.05, 3.63) is 56.9 Å².